The zero-order valence-electron chi connectivity index (χ0n) is 21.2. The Bertz CT molecular complexity index is 1430. The van der Waals surface area contributed by atoms with Crippen molar-refractivity contribution in [2.45, 2.75) is 48.8 Å². The SMILES string of the molecule is C[C@]12CCCN=[S@@]1(=O)CC[C@@](CF)(c1nc(NC(=O)c3ccc(OCC(F)(F)C(F)F)cn3)ccc1F)N=C2N. The first-order chi connectivity index (χ1) is 18.8. The molecule has 0 radical (unpaired) electrons. The van der Waals surface area contributed by atoms with Crippen LogP contribution in [-0.4, -0.2) is 68.6 Å². The lowest BCUT2D eigenvalue weighted by Crippen LogP contribution is -2.49. The molecule has 4 rings (SSSR count). The van der Waals surface area contributed by atoms with Gasteiger partial charge in [-0.1, -0.05) is 0 Å². The summed E-state index contributed by atoms with van der Waals surface area (Å²) >= 11 is 0. The van der Waals surface area contributed by atoms with Crippen LogP contribution in [0.4, 0.5) is 32.2 Å². The molecule has 3 N–H and O–H groups in total. The van der Waals surface area contributed by atoms with Crippen LogP contribution in [0.1, 0.15) is 42.4 Å². The van der Waals surface area contributed by atoms with E-state index < -0.39 is 63.1 Å². The predicted octanol–water partition coefficient (Wildman–Crippen LogP) is 4.09. The number of anilines is 1. The first-order valence-electron chi connectivity index (χ1n) is 12.1. The number of nitrogens with one attached hydrogen (secondary N) is 1. The highest BCUT2D eigenvalue weighted by atomic mass is 32.2. The molecule has 3 atom stereocenters. The summed E-state index contributed by atoms with van der Waals surface area (Å²) in [7, 11) is -2.92. The molecule has 0 unspecified atom stereocenters. The molecule has 2 aromatic heterocycles. The number of hydrogen-bond acceptors (Lipinski definition) is 8. The summed E-state index contributed by atoms with van der Waals surface area (Å²) in [4.78, 5) is 24.8. The number of carbonyl (C=O) groups is 1. The first-order valence-corrected chi connectivity index (χ1v) is 13.8. The summed E-state index contributed by atoms with van der Waals surface area (Å²) in [6, 6.07) is 4.23. The number of nitrogens with two attached hydrogens (primary N) is 1. The molecule has 0 saturated heterocycles. The molecule has 0 aliphatic carbocycles. The second-order valence-electron chi connectivity index (χ2n) is 9.65. The normalized spacial score (nSPS) is 26.8. The second-order valence-corrected chi connectivity index (χ2v) is 12.5. The molecule has 16 heteroatoms. The molecular weight excluding hydrogens is 566 g/mol. The molecule has 0 fully saturated rings. The largest absolute Gasteiger partial charge is 0.485 e. The highest BCUT2D eigenvalue weighted by molar-refractivity contribution is 7.95. The standard InChI is InChI=1S/C24H26F6N6O3S/c1-22-7-2-9-33-40(22,38)10-8-23(12-25,36-21(22)31)18-15(26)4-6-17(34-18)35-19(37)16-5-3-14(11-32-16)39-13-24(29,30)20(27)28/h3-6,11,20H,2,7-10,12-13H2,1H3,(H2,31,36)(H,34,35,37)/t22-,23-,40-/m1/s1. The Morgan fingerprint density at radius 3 is 2.65 bits per heavy atom. The van der Waals surface area contributed by atoms with Crippen LogP contribution < -0.4 is 15.8 Å². The van der Waals surface area contributed by atoms with Crippen LogP contribution in [0.3, 0.4) is 0 Å². The summed E-state index contributed by atoms with van der Waals surface area (Å²) in [6.45, 7) is -0.791. The van der Waals surface area contributed by atoms with E-state index in [1.807, 2.05) is 0 Å². The average molecular weight is 593 g/mol. The van der Waals surface area contributed by atoms with Gasteiger partial charge in [-0.2, -0.15) is 8.78 Å². The van der Waals surface area contributed by atoms with Crippen molar-refractivity contribution in [3.63, 3.8) is 0 Å². The van der Waals surface area contributed by atoms with E-state index in [2.05, 4.69) is 29.4 Å². The number of aliphatic imine (C=N–C) groups is 1. The number of rotatable bonds is 8. The molecule has 218 valence electrons. The number of fused-ring (bicyclic) bond motifs is 1. The fourth-order valence-electron chi connectivity index (χ4n) is 4.42. The van der Waals surface area contributed by atoms with Gasteiger partial charge in [0.25, 0.3) is 5.91 Å². The minimum Gasteiger partial charge on any atom is -0.485 e. The molecule has 1 amide bonds. The van der Waals surface area contributed by atoms with Gasteiger partial charge in [-0.15, -0.1) is 0 Å². The summed E-state index contributed by atoms with van der Waals surface area (Å²) < 4.78 is 102. The van der Waals surface area contributed by atoms with E-state index in [4.69, 9.17) is 5.73 Å². The third-order valence-electron chi connectivity index (χ3n) is 6.95. The van der Waals surface area contributed by atoms with Gasteiger partial charge in [0.2, 0.25) is 0 Å². The van der Waals surface area contributed by atoms with Crippen LogP contribution in [0, 0.1) is 5.82 Å². The lowest BCUT2D eigenvalue weighted by atomic mass is 9.92. The number of alkyl halides is 5. The zero-order chi connectivity index (χ0) is 29.3. The Labute approximate surface area is 225 Å². The number of aromatic nitrogens is 2. The summed E-state index contributed by atoms with van der Waals surface area (Å²) in [5.74, 6) is -6.82. The molecule has 2 aliphatic rings. The van der Waals surface area contributed by atoms with Gasteiger partial charge in [-0.3, -0.25) is 9.79 Å². The van der Waals surface area contributed by atoms with Gasteiger partial charge < -0.3 is 15.8 Å². The van der Waals surface area contributed by atoms with Gasteiger partial charge in [0, 0.05) is 12.3 Å². The molecule has 2 aliphatic heterocycles. The van der Waals surface area contributed by atoms with E-state index in [1.54, 1.807) is 6.92 Å². The molecule has 0 saturated carbocycles. The molecule has 2 aromatic rings. The average Bonchev–Trinajstić information content (AvgIpc) is 3.01. The Morgan fingerprint density at radius 1 is 1.25 bits per heavy atom. The van der Waals surface area contributed by atoms with E-state index in [0.29, 0.717) is 19.4 Å². The fraction of sp³-hybridized carbons (Fsp3) is 0.500. The second kappa shape index (κ2) is 10.9. The van der Waals surface area contributed by atoms with Crippen molar-refractivity contribution < 1.29 is 40.1 Å². The maximum Gasteiger partial charge on any atom is 0.340 e. The van der Waals surface area contributed by atoms with Gasteiger partial charge >= 0.3 is 12.3 Å². The third kappa shape index (κ3) is 5.45. The van der Waals surface area contributed by atoms with Gasteiger partial charge in [0.05, 0.1) is 15.9 Å². The van der Waals surface area contributed by atoms with Crippen LogP contribution in [0.5, 0.6) is 5.75 Å². The lowest BCUT2D eigenvalue weighted by molar-refractivity contribution is -0.148. The first kappa shape index (κ1) is 29.6. The maximum atomic E-state index is 15.0. The molecule has 4 heterocycles. The zero-order valence-corrected chi connectivity index (χ0v) is 22.0. The summed E-state index contributed by atoms with van der Waals surface area (Å²) in [5, 5.41) is 2.37. The van der Waals surface area contributed by atoms with Crippen molar-refractivity contribution >= 4 is 27.3 Å². The van der Waals surface area contributed by atoms with E-state index in [1.165, 1.54) is 0 Å². The van der Waals surface area contributed by atoms with Crippen LogP contribution in [0.15, 0.2) is 39.8 Å². The minimum atomic E-state index is -4.37. The van der Waals surface area contributed by atoms with Crippen LogP contribution in [0.2, 0.25) is 0 Å². The summed E-state index contributed by atoms with van der Waals surface area (Å²) in [6.07, 6.45) is -2.20. The number of carbonyl (C=O) groups excluding carboxylic acids is 1. The van der Waals surface area contributed by atoms with Crippen LogP contribution in [0.25, 0.3) is 0 Å². The van der Waals surface area contributed by atoms with E-state index in [9.17, 15) is 31.0 Å². The number of nitrogens with zero attached hydrogens (tertiary/aromatic N) is 4. The minimum absolute atomic E-state index is 0.0864. The number of pyridine rings is 2. The molecule has 0 aromatic carbocycles. The van der Waals surface area contributed by atoms with E-state index >= 15 is 4.39 Å². The van der Waals surface area contributed by atoms with Crippen molar-refractivity contribution in [3.8, 4) is 5.75 Å². The van der Waals surface area contributed by atoms with Crippen molar-refractivity contribution in [2.24, 2.45) is 15.1 Å². The topological polar surface area (TPSA) is 132 Å². The van der Waals surface area contributed by atoms with Gasteiger partial charge in [0.1, 0.15) is 51.6 Å². The Balaban J connectivity index is 1.57. The molecule has 40 heavy (non-hydrogen) atoms. The lowest BCUT2D eigenvalue weighted by Gasteiger charge is -2.33. The van der Waals surface area contributed by atoms with Gasteiger partial charge in [0.15, 0.2) is 6.61 Å². The smallest absolute Gasteiger partial charge is 0.340 e. The fourth-order valence-corrected chi connectivity index (χ4v) is 7.15. The molecule has 0 spiro atoms. The highest BCUT2D eigenvalue weighted by Crippen LogP contribution is 2.41. The highest BCUT2D eigenvalue weighted by Gasteiger charge is 2.49. The van der Waals surface area contributed by atoms with Gasteiger partial charge in [-0.05, 0) is 50.5 Å². The number of hydrogen-bond donors (Lipinski definition) is 2. The van der Waals surface area contributed by atoms with E-state index in [-0.39, 0.29) is 35.3 Å². The molecule has 9 nitrogen and oxygen atoms in total. The Kier molecular flexibility index (Phi) is 8.02. The van der Waals surface area contributed by atoms with Crippen molar-refractivity contribution in [2.75, 3.05) is 30.9 Å². The monoisotopic (exact) mass is 592 g/mol. The summed E-state index contributed by atoms with van der Waals surface area (Å²) in [5.41, 5.74) is 3.64. The Morgan fingerprint density at radius 2 is 2.00 bits per heavy atom. The quantitative estimate of drug-likeness (QED) is 0.444. The molecular formula is C24H26F6N6O3S. The molecule has 0 bridgehead atoms. The number of ether oxygens (including phenoxy) is 1. The van der Waals surface area contributed by atoms with E-state index in [0.717, 1.165) is 30.5 Å². The van der Waals surface area contributed by atoms with Crippen molar-refractivity contribution in [1.29, 1.82) is 0 Å². The van der Waals surface area contributed by atoms with Crippen LogP contribution >= 0.6 is 0 Å². The third-order valence-corrected chi connectivity index (χ3v) is 10.1. The van der Waals surface area contributed by atoms with Crippen molar-refractivity contribution in [1.82, 2.24) is 9.97 Å². The number of amidine groups is 1. The Hall–Kier alpha value is -3.43. The number of halogens is 6. The number of amides is 1. The van der Waals surface area contributed by atoms with Crippen LogP contribution in [-0.2, 0) is 15.3 Å². The van der Waals surface area contributed by atoms with Crippen molar-refractivity contribution in [3.05, 3.63) is 47.7 Å². The maximum absolute atomic E-state index is 15.0. The predicted molar refractivity (Wildman–Crippen MR) is 135 cm³/mol. The van der Waals surface area contributed by atoms with Gasteiger partial charge in [-0.25, -0.2) is 36.1 Å².